The van der Waals surface area contributed by atoms with Gasteiger partial charge in [-0.3, -0.25) is 0 Å². The molecule has 0 aliphatic heterocycles. The Morgan fingerprint density at radius 3 is 2.30 bits per heavy atom. The number of anilines is 1. The van der Waals surface area contributed by atoms with E-state index in [4.69, 9.17) is 11.6 Å². The smallest absolute Gasteiger partial charge is 0.165 e. The molecule has 0 saturated heterocycles. The molecule has 0 bridgehead atoms. The molecular formula is C18H19ClN4. The maximum absolute atomic E-state index is 6.29. The standard InChI is InChI=1S/C18H19ClN4/c1-18(2,20-13-9-5-4-6-10-13)17-22-21-16(23(17)3)14-11-7-8-12-15(14)19/h4-12,20H,1-3H3. The van der Waals surface area contributed by atoms with Crippen LogP contribution in [0.4, 0.5) is 5.69 Å². The summed E-state index contributed by atoms with van der Waals surface area (Å²) in [4.78, 5) is 0. The van der Waals surface area contributed by atoms with Crippen molar-refractivity contribution in [1.82, 2.24) is 14.8 Å². The Balaban J connectivity index is 1.97. The van der Waals surface area contributed by atoms with E-state index < -0.39 is 0 Å². The Bertz CT molecular complexity index is 809. The van der Waals surface area contributed by atoms with E-state index in [0.717, 1.165) is 22.9 Å². The number of rotatable bonds is 4. The third kappa shape index (κ3) is 3.08. The van der Waals surface area contributed by atoms with Crippen LogP contribution in [0.15, 0.2) is 54.6 Å². The van der Waals surface area contributed by atoms with Gasteiger partial charge in [0.2, 0.25) is 0 Å². The van der Waals surface area contributed by atoms with E-state index in [9.17, 15) is 0 Å². The first-order chi connectivity index (χ1) is 11.0. The highest BCUT2D eigenvalue weighted by molar-refractivity contribution is 6.33. The Morgan fingerprint density at radius 1 is 0.957 bits per heavy atom. The largest absolute Gasteiger partial charge is 0.373 e. The molecule has 0 radical (unpaired) electrons. The highest BCUT2D eigenvalue weighted by atomic mass is 35.5. The van der Waals surface area contributed by atoms with Gasteiger partial charge < -0.3 is 9.88 Å². The molecule has 0 saturated carbocycles. The number of aromatic nitrogens is 3. The molecule has 1 aromatic heterocycles. The van der Waals surface area contributed by atoms with Gasteiger partial charge in [-0.15, -0.1) is 10.2 Å². The van der Waals surface area contributed by atoms with Gasteiger partial charge in [-0.1, -0.05) is 41.9 Å². The number of hydrogen-bond acceptors (Lipinski definition) is 3. The number of para-hydroxylation sites is 1. The first-order valence-electron chi connectivity index (χ1n) is 7.47. The lowest BCUT2D eigenvalue weighted by Gasteiger charge is -2.26. The molecule has 0 fully saturated rings. The second kappa shape index (κ2) is 6.05. The molecule has 1 heterocycles. The SMILES string of the molecule is Cn1c(-c2ccccc2Cl)nnc1C(C)(C)Nc1ccccc1. The minimum atomic E-state index is -0.372. The van der Waals surface area contributed by atoms with Crippen LogP contribution < -0.4 is 5.32 Å². The van der Waals surface area contributed by atoms with Crippen molar-refractivity contribution in [2.75, 3.05) is 5.32 Å². The van der Waals surface area contributed by atoms with Crippen LogP contribution in [0.3, 0.4) is 0 Å². The summed E-state index contributed by atoms with van der Waals surface area (Å²) in [7, 11) is 1.96. The second-order valence-corrected chi connectivity index (χ2v) is 6.41. The lowest BCUT2D eigenvalue weighted by Crippen LogP contribution is -2.31. The zero-order chi connectivity index (χ0) is 16.4. The molecule has 3 aromatic rings. The average Bonchev–Trinajstić information content (AvgIpc) is 2.91. The lowest BCUT2D eigenvalue weighted by atomic mass is 10.0. The predicted octanol–water partition coefficient (Wildman–Crippen LogP) is 4.48. The zero-order valence-electron chi connectivity index (χ0n) is 13.4. The van der Waals surface area contributed by atoms with E-state index in [-0.39, 0.29) is 5.54 Å². The van der Waals surface area contributed by atoms with Crippen molar-refractivity contribution >= 4 is 17.3 Å². The highest BCUT2D eigenvalue weighted by Crippen LogP contribution is 2.30. The fraction of sp³-hybridized carbons (Fsp3) is 0.222. The minimum Gasteiger partial charge on any atom is -0.373 e. The van der Waals surface area contributed by atoms with Gasteiger partial charge in [-0.05, 0) is 38.1 Å². The van der Waals surface area contributed by atoms with Crippen molar-refractivity contribution in [3.63, 3.8) is 0 Å². The molecule has 118 valence electrons. The molecule has 0 unspecified atom stereocenters. The molecule has 0 spiro atoms. The number of benzene rings is 2. The van der Waals surface area contributed by atoms with Crippen molar-refractivity contribution in [1.29, 1.82) is 0 Å². The molecule has 0 aliphatic rings. The van der Waals surface area contributed by atoms with E-state index >= 15 is 0 Å². The third-order valence-electron chi connectivity index (χ3n) is 3.78. The van der Waals surface area contributed by atoms with E-state index in [1.807, 2.05) is 66.2 Å². The molecule has 0 atom stereocenters. The van der Waals surface area contributed by atoms with E-state index in [1.54, 1.807) is 0 Å². The molecular weight excluding hydrogens is 308 g/mol. The van der Waals surface area contributed by atoms with Crippen LogP contribution in [0.1, 0.15) is 19.7 Å². The van der Waals surface area contributed by atoms with E-state index in [0.29, 0.717) is 5.02 Å². The van der Waals surface area contributed by atoms with Crippen LogP contribution in [0.25, 0.3) is 11.4 Å². The fourth-order valence-electron chi connectivity index (χ4n) is 2.69. The van der Waals surface area contributed by atoms with Crippen LogP contribution in [0.2, 0.25) is 5.02 Å². The highest BCUT2D eigenvalue weighted by Gasteiger charge is 2.28. The molecule has 2 aromatic carbocycles. The Hall–Kier alpha value is -2.33. The summed E-state index contributed by atoms with van der Waals surface area (Å²) < 4.78 is 1.98. The lowest BCUT2D eigenvalue weighted by molar-refractivity contribution is 0.537. The number of nitrogens with zero attached hydrogens (tertiary/aromatic N) is 3. The summed E-state index contributed by atoms with van der Waals surface area (Å²) >= 11 is 6.29. The molecule has 3 rings (SSSR count). The minimum absolute atomic E-state index is 0.372. The normalized spacial score (nSPS) is 11.5. The van der Waals surface area contributed by atoms with Crippen LogP contribution >= 0.6 is 11.6 Å². The summed E-state index contributed by atoms with van der Waals surface area (Å²) in [6.45, 7) is 4.17. The zero-order valence-corrected chi connectivity index (χ0v) is 14.2. The topological polar surface area (TPSA) is 42.7 Å². The Labute approximate surface area is 141 Å². The summed E-state index contributed by atoms with van der Waals surface area (Å²) in [6.07, 6.45) is 0. The summed E-state index contributed by atoms with van der Waals surface area (Å²) in [6, 6.07) is 17.7. The predicted molar refractivity (Wildman–Crippen MR) is 94.5 cm³/mol. The van der Waals surface area contributed by atoms with Gasteiger partial charge in [-0.2, -0.15) is 0 Å². The number of halogens is 1. The van der Waals surface area contributed by atoms with Gasteiger partial charge in [0, 0.05) is 18.3 Å². The fourth-order valence-corrected chi connectivity index (χ4v) is 2.91. The molecule has 5 heteroatoms. The third-order valence-corrected chi connectivity index (χ3v) is 4.11. The maximum atomic E-state index is 6.29. The van der Waals surface area contributed by atoms with Crippen LogP contribution in [0.5, 0.6) is 0 Å². The molecule has 0 aliphatic carbocycles. The monoisotopic (exact) mass is 326 g/mol. The van der Waals surface area contributed by atoms with Crippen molar-refractivity contribution < 1.29 is 0 Å². The second-order valence-electron chi connectivity index (χ2n) is 6.00. The summed E-state index contributed by atoms with van der Waals surface area (Å²) in [5, 5.41) is 12.9. The first kappa shape index (κ1) is 15.6. The number of hydrogen-bond donors (Lipinski definition) is 1. The van der Waals surface area contributed by atoms with Crippen molar-refractivity contribution in [3.05, 3.63) is 65.4 Å². The molecule has 1 N–H and O–H groups in total. The van der Waals surface area contributed by atoms with E-state index in [1.165, 1.54) is 0 Å². The van der Waals surface area contributed by atoms with Gasteiger partial charge in [-0.25, -0.2) is 0 Å². The number of nitrogens with one attached hydrogen (secondary N) is 1. The molecule has 23 heavy (non-hydrogen) atoms. The Morgan fingerprint density at radius 2 is 1.61 bits per heavy atom. The van der Waals surface area contributed by atoms with E-state index in [2.05, 4.69) is 29.4 Å². The molecule has 4 nitrogen and oxygen atoms in total. The van der Waals surface area contributed by atoms with Crippen molar-refractivity contribution in [2.45, 2.75) is 19.4 Å². The summed E-state index contributed by atoms with van der Waals surface area (Å²) in [5.41, 5.74) is 1.55. The quantitative estimate of drug-likeness (QED) is 0.768. The van der Waals surface area contributed by atoms with Crippen molar-refractivity contribution in [3.8, 4) is 11.4 Å². The average molecular weight is 327 g/mol. The van der Waals surface area contributed by atoms with Gasteiger partial charge >= 0.3 is 0 Å². The molecule has 0 amide bonds. The van der Waals surface area contributed by atoms with Gasteiger partial charge in [0.1, 0.15) is 0 Å². The van der Waals surface area contributed by atoms with Gasteiger partial charge in [0.25, 0.3) is 0 Å². The maximum Gasteiger partial charge on any atom is 0.165 e. The van der Waals surface area contributed by atoms with Crippen molar-refractivity contribution in [2.24, 2.45) is 7.05 Å². The Kier molecular flexibility index (Phi) is 4.09. The van der Waals surface area contributed by atoms with Crippen LogP contribution in [-0.4, -0.2) is 14.8 Å². The van der Waals surface area contributed by atoms with Crippen LogP contribution in [0, 0.1) is 0 Å². The van der Waals surface area contributed by atoms with Crippen LogP contribution in [-0.2, 0) is 12.6 Å². The summed E-state index contributed by atoms with van der Waals surface area (Å²) in [5.74, 6) is 1.60. The van der Waals surface area contributed by atoms with Gasteiger partial charge in [0.05, 0.1) is 10.6 Å². The van der Waals surface area contributed by atoms with Gasteiger partial charge in [0.15, 0.2) is 11.6 Å². The first-order valence-corrected chi connectivity index (χ1v) is 7.85.